The molecule has 2 atom stereocenters. The Hall–Kier alpha value is -0.790. The molecule has 0 spiro atoms. The van der Waals surface area contributed by atoms with Crippen molar-refractivity contribution in [1.29, 1.82) is 0 Å². The second kappa shape index (κ2) is 5.69. The zero-order chi connectivity index (χ0) is 16.0. The van der Waals surface area contributed by atoms with Gasteiger partial charge in [-0.15, -0.1) is 0 Å². The molecule has 0 aromatic heterocycles. The maximum Gasteiger partial charge on any atom is 0.100 e. The minimum absolute atomic E-state index is 0.542. The highest BCUT2D eigenvalue weighted by Gasteiger charge is 2.51. The summed E-state index contributed by atoms with van der Waals surface area (Å²) in [6.07, 6.45) is 6.40. The van der Waals surface area contributed by atoms with Crippen LogP contribution in [0.1, 0.15) is 32.3 Å². The average molecular weight is 319 g/mol. The topological polar surface area (TPSA) is 0 Å². The second-order valence-electron chi connectivity index (χ2n) is 8.52. The molecule has 1 aromatic rings. The molecule has 0 radical (unpaired) electrons. The minimum atomic E-state index is 0.542. The number of rotatable bonds is 5. The third-order valence-corrected chi connectivity index (χ3v) is 6.36. The minimum Gasteiger partial charge on any atom is -0.325 e. The number of allylic oxidation sites excluding steroid dienone is 1. The Kier molecular flexibility index (Phi) is 4.16. The molecule has 3 aliphatic carbocycles. The van der Waals surface area contributed by atoms with Crippen molar-refractivity contribution in [2.45, 2.75) is 33.1 Å². The van der Waals surface area contributed by atoms with Gasteiger partial charge < -0.3 is 4.48 Å². The Bertz CT molecular complexity index is 568. The summed E-state index contributed by atoms with van der Waals surface area (Å²) in [5.74, 6) is 1.77. The van der Waals surface area contributed by atoms with Gasteiger partial charge in [-0.3, -0.25) is 0 Å². The van der Waals surface area contributed by atoms with Crippen molar-refractivity contribution in [3.63, 3.8) is 0 Å². The lowest BCUT2D eigenvalue weighted by molar-refractivity contribution is -0.885. The lowest BCUT2D eigenvalue weighted by Gasteiger charge is -2.57. The van der Waals surface area contributed by atoms with Crippen LogP contribution in [-0.4, -0.2) is 31.7 Å². The predicted molar refractivity (Wildman–Crippen MR) is 95.1 cm³/mol. The molecule has 2 bridgehead atoms. The van der Waals surface area contributed by atoms with E-state index in [0.29, 0.717) is 5.41 Å². The summed E-state index contributed by atoms with van der Waals surface area (Å²) in [6, 6.07) is 8.30. The van der Waals surface area contributed by atoms with E-state index in [1.54, 1.807) is 5.57 Å². The number of halogens is 1. The van der Waals surface area contributed by atoms with Crippen LogP contribution in [-0.2, 0) is 6.42 Å². The molecule has 0 unspecified atom stereocenters. The highest BCUT2D eigenvalue weighted by molar-refractivity contribution is 6.30. The van der Waals surface area contributed by atoms with Crippen molar-refractivity contribution in [3.8, 4) is 0 Å². The molecule has 4 rings (SSSR count). The van der Waals surface area contributed by atoms with Crippen LogP contribution >= 0.6 is 11.6 Å². The Labute approximate surface area is 140 Å². The van der Waals surface area contributed by atoms with Gasteiger partial charge in [0.05, 0.1) is 20.6 Å². The van der Waals surface area contributed by atoms with Crippen molar-refractivity contribution in [3.05, 3.63) is 46.5 Å². The number of hydrogen-bond acceptors (Lipinski definition) is 0. The fourth-order valence-corrected chi connectivity index (χ4v) is 4.44. The molecule has 0 N–H and O–H groups in total. The average Bonchev–Trinajstić information content (AvgIpc) is 2.46. The van der Waals surface area contributed by atoms with E-state index >= 15 is 0 Å². The molecule has 1 saturated carbocycles. The van der Waals surface area contributed by atoms with Gasteiger partial charge in [0.25, 0.3) is 0 Å². The number of quaternary nitrogens is 1. The van der Waals surface area contributed by atoms with Crippen LogP contribution in [0.15, 0.2) is 35.9 Å². The van der Waals surface area contributed by atoms with Crippen molar-refractivity contribution in [2.75, 3.05) is 27.2 Å². The number of likely N-dealkylation sites (N-methyl/N-ethyl adjacent to an activating group) is 1. The Balaban J connectivity index is 1.59. The first-order chi connectivity index (χ1) is 10.3. The van der Waals surface area contributed by atoms with Crippen LogP contribution in [0.25, 0.3) is 0 Å². The van der Waals surface area contributed by atoms with E-state index in [0.717, 1.165) is 27.8 Å². The number of benzene rings is 1. The summed E-state index contributed by atoms with van der Waals surface area (Å²) in [5.41, 5.74) is 3.64. The first-order valence-electron chi connectivity index (χ1n) is 8.53. The van der Waals surface area contributed by atoms with Crippen LogP contribution in [0.3, 0.4) is 0 Å². The van der Waals surface area contributed by atoms with E-state index in [1.165, 1.54) is 31.5 Å². The van der Waals surface area contributed by atoms with Gasteiger partial charge in [-0.25, -0.2) is 0 Å². The van der Waals surface area contributed by atoms with Gasteiger partial charge in [0.1, 0.15) is 6.54 Å². The first kappa shape index (κ1) is 16.1. The van der Waals surface area contributed by atoms with E-state index < -0.39 is 0 Å². The van der Waals surface area contributed by atoms with E-state index in [4.69, 9.17) is 11.6 Å². The molecule has 0 saturated heterocycles. The first-order valence-corrected chi connectivity index (χ1v) is 8.91. The van der Waals surface area contributed by atoms with E-state index in [1.807, 2.05) is 12.1 Å². The largest absolute Gasteiger partial charge is 0.325 e. The number of hydrogen-bond donors (Lipinski definition) is 0. The maximum atomic E-state index is 5.97. The van der Waals surface area contributed by atoms with Gasteiger partial charge in [-0.1, -0.05) is 43.7 Å². The van der Waals surface area contributed by atoms with Gasteiger partial charge in [-0.05, 0) is 53.4 Å². The Morgan fingerprint density at radius 3 is 2.45 bits per heavy atom. The van der Waals surface area contributed by atoms with Crippen LogP contribution in [0.4, 0.5) is 0 Å². The standard InChI is InChI=1S/C20H29ClN/c1-20(2)17-8-7-16(19(20)13-17)14-22(3,4)12-11-15-5-9-18(21)10-6-15/h5-7,9-10,17,19H,8,11-14H2,1-4H3/q+1/t17-,19-/m0/s1. The van der Waals surface area contributed by atoms with E-state index in [-0.39, 0.29) is 0 Å². The molecule has 0 amide bonds. The quantitative estimate of drug-likeness (QED) is 0.532. The SMILES string of the molecule is CC1(C)[C@H]2CC=C(C[N+](C)(C)CCc3ccc(Cl)cc3)[C@@H]1C2. The summed E-state index contributed by atoms with van der Waals surface area (Å²) in [7, 11) is 4.74. The zero-order valence-corrected chi connectivity index (χ0v) is 15.2. The third kappa shape index (κ3) is 3.12. The molecule has 0 heterocycles. The fraction of sp³-hybridized carbons (Fsp3) is 0.600. The Morgan fingerprint density at radius 2 is 1.86 bits per heavy atom. The van der Waals surface area contributed by atoms with Crippen molar-refractivity contribution in [2.24, 2.45) is 17.3 Å². The molecule has 1 aromatic carbocycles. The molecule has 22 heavy (non-hydrogen) atoms. The molecule has 1 fully saturated rings. The van der Waals surface area contributed by atoms with Crippen molar-refractivity contribution in [1.82, 2.24) is 0 Å². The van der Waals surface area contributed by atoms with Gasteiger partial charge in [0.2, 0.25) is 0 Å². The summed E-state index contributed by atoms with van der Waals surface area (Å²) in [4.78, 5) is 0. The molecular weight excluding hydrogens is 290 g/mol. The lowest BCUT2D eigenvalue weighted by Crippen LogP contribution is -2.52. The molecule has 0 aliphatic heterocycles. The van der Waals surface area contributed by atoms with Crippen LogP contribution < -0.4 is 0 Å². The van der Waals surface area contributed by atoms with E-state index in [2.05, 4.69) is 46.2 Å². The normalized spacial score (nSPS) is 26.3. The fourth-order valence-electron chi connectivity index (χ4n) is 4.31. The Morgan fingerprint density at radius 1 is 1.18 bits per heavy atom. The highest BCUT2D eigenvalue weighted by atomic mass is 35.5. The van der Waals surface area contributed by atoms with Crippen LogP contribution in [0.5, 0.6) is 0 Å². The molecule has 120 valence electrons. The summed E-state index contributed by atoms with van der Waals surface area (Å²) in [6.45, 7) is 7.31. The van der Waals surface area contributed by atoms with Crippen molar-refractivity contribution >= 4 is 11.6 Å². The van der Waals surface area contributed by atoms with E-state index in [9.17, 15) is 0 Å². The van der Waals surface area contributed by atoms with Gasteiger partial charge in [0.15, 0.2) is 0 Å². The maximum absolute atomic E-state index is 5.97. The molecule has 3 aliphatic rings. The smallest absolute Gasteiger partial charge is 0.100 e. The molecule has 2 heteroatoms. The third-order valence-electron chi connectivity index (χ3n) is 6.11. The van der Waals surface area contributed by atoms with Crippen LogP contribution in [0.2, 0.25) is 5.02 Å². The second-order valence-corrected chi connectivity index (χ2v) is 8.95. The molecule has 1 nitrogen and oxygen atoms in total. The summed E-state index contributed by atoms with van der Waals surface area (Å²) >= 11 is 5.97. The monoisotopic (exact) mass is 318 g/mol. The van der Waals surface area contributed by atoms with Crippen LogP contribution in [0, 0.1) is 17.3 Å². The van der Waals surface area contributed by atoms with Gasteiger partial charge in [-0.2, -0.15) is 0 Å². The lowest BCUT2D eigenvalue weighted by atomic mass is 9.49. The summed E-state index contributed by atoms with van der Waals surface area (Å²) < 4.78 is 1.08. The zero-order valence-electron chi connectivity index (χ0n) is 14.4. The molecular formula is C20H29ClN+. The number of fused-ring (bicyclic) bond motifs is 1. The predicted octanol–water partition coefficient (Wildman–Crippen LogP) is 4.95. The highest BCUT2D eigenvalue weighted by Crippen LogP contribution is 2.59. The van der Waals surface area contributed by atoms with Gasteiger partial charge >= 0.3 is 0 Å². The summed E-state index contributed by atoms with van der Waals surface area (Å²) in [5, 5.41) is 0.826. The van der Waals surface area contributed by atoms with Crippen molar-refractivity contribution < 1.29 is 4.48 Å². The van der Waals surface area contributed by atoms with Gasteiger partial charge in [0, 0.05) is 11.4 Å². The number of nitrogens with zero attached hydrogens (tertiary/aromatic N) is 1.